The third kappa shape index (κ3) is 4.18. The van der Waals surface area contributed by atoms with Crippen molar-refractivity contribution in [1.82, 2.24) is 19.8 Å². The zero-order valence-corrected chi connectivity index (χ0v) is 18.0. The van der Waals surface area contributed by atoms with E-state index < -0.39 is 0 Å². The molecule has 0 N–H and O–H groups in total. The predicted molar refractivity (Wildman–Crippen MR) is 121 cm³/mol. The maximum absolute atomic E-state index is 13.2. The fourth-order valence-corrected chi connectivity index (χ4v) is 4.76. The first-order valence-corrected chi connectivity index (χ1v) is 11.1. The van der Waals surface area contributed by atoms with Crippen molar-refractivity contribution in [2.24, 2.45) is 0 Å². The highest BCUT2D eigenvalue weighted by molar-refractivity contribution is 6.02. The normalized spacial score (nSPS) is 18.4. The predicted octanol–water partition coefficient (Wildman–Crippen LogP) is 3.54. The van der Waals surface area contributed by atoms with Gasteiger partial charge in [-0.1, -0.05) is 24.3 Å². The lowest BCUT2D eigenvalue weighted by atomic mass is 9.97. The van der Waals surface area contributed by atoms with Gasteiger partial charge in [-0.15, -0.1) is 0 Å². The number of carbonyl (C=O) groups is 1. The highest BCUT2D eigenvalue weighted by Crippen LogP contribution is 2.29. The molecule has 2 aliphatic rings. The number of carbonyl (C=O) groups excluding carboxylic acids is 1. The fraction of sp³-hybridized carbons (Fsp3) is 0.400. The largest absolute Gasteiger partial charge is 0.379 e. The van der Waals surface area contributed by atoms with Crippen molar-refractivity contribution in [2.45, 2.75) is 25.8 Å². The topological polar surface area (TPSA) is 58.6 Å². The van der Waals surface area contributed by atoms with Gasteiger partial charge in [-0.25, -0.2) is 9.97 Å². The lowest BCUT2D eigenvalue weighted by Gasteiger charge is -2.40. The molecule has 2 aliphatic heterocycles. The number of morpholine rings is 1. The number of aromatic nitrogens is 2. The molecule has 0 unspecified atom stereocenters. The summed E-state index contributed by atoms with van der Waals surface area (Å²) in [6.45, 7) is 7.20. The molecule has 0 bridgehead atoms. The van der Waals surface area contributed by atoms with Crippen LogP contribution in [0.15, 0.2) is 48.8 Å². The Labute approximate surface area is 182 Å². The van der Waals surface area contributed by atoms with Crippen molar-refractivity contribution < 1.29 is 9.53 Å². The second kappa shape index (κ2) is 8.73. The number of amides is 1. The van der Waals surface area contributed by atoms with Crippen LogP contribution >= 0.6 is 0 Å². The second-order valence-corrected chi connectivity index (χ2v) is 8.43. The van der Waals surface area contributed by atoms with E-state index in [1.807, 2.05) is 42.4 Å². The van der Waals surface area contributed by atoms with E-state index in [4.69, 9.17) is 4.74 Å². The Morgan fingerprint density at radius 2 is 1.74 bits per heavy atom. The highest BCUT2D eigenvalue weighted by Gasteiger charge is 2.28. The summed E-state index contributed by atoms with van der Waals surface area (Å²) in [5, 5.41) is 2.17. The van der Waals surface area contributed by atoms with Crippen molar-refractivity contribution in [3.05, 3.63) is 60.2 Å². The van der Waals surface area contributed by atoms with E-state index in [0.717, 1.165) is 85.5 Å². The van der Waals surface area contributed by atoms with Crippen molar-refractivity contribution in [3.8, 4) is 11.1 Å². The first-order chi connectivity index (χ1) is 15.2. The number of benzene rings is 2. The number of nitrogens with zero attached hydrogens (tertiary/aromatic N) is 4. The molecule has 0 saturated carbocycles. The summed E-state index contributed by atoms with van der Waals surface area (Å²) in [5.74, 6) is 0.890. The van der Waals surface area contributed by atoms with E-state index in [1.54, 1.807) is 0 Å². The summed E-state index contributed by atoms with van der Waals surface area (Å²) in [7, 11) is 0. The number of piperidine rings is 1. The van der Waals surface area contributed by atoms with Gasteiger partial charge in [0, 0.05) is 55.7 Å². The molecule has 0 atom stereocenters. The molecule has 0 spiro atoms. The first kappa shape index (κ1) is 20.1. The van der Waals surface area contributed by atoms with Gasteiger partial charge >= 0.3 is 0 Å². The van der Waals surface area contributed by atoms with Crippen LogP contribution in [0.4, 0.5) is 0 Å². The summed E-state index contributed by atoms with van der Waals surface area (Å²) in [5.41, 5.74) is 2.83. The summed E-state index contributed by atoms with van der Waals surface area (Å²) in [6, 6.07) is 12.8. The molecule has 5 rings (SSSR count). The maximum atomic E-state index is 13.2. The lowest BCUT2D eigenvalue weighted by molar-refractivity contribution is 0.00159. The highest BCUT2D eigenvalue weighted by atomic mass is 16.5. The first-order valence-electron chi connectivity index (χ1n) is 11.1. The minimum absolute atomic E-state index is 0.131. The molecule has 6 nitrogen and oxygen atoms in total. The molecule has 2 saturated heterocycles. The summed E-state index contributed by atoms with van der Waals surface area (Å²) < 4.78 is 5.47. The van der Waals surface area contributed by atoms with E-state index >= 15 is 0 Å². The molecule has 1 amide bonds. The molecular formula is C25H28N4O2. The molecule has 2 aromatic carbocycles. The average molecular weight is 417 g/mol. The van der Waals surface area contributed by atoms with Crippen LogP contribution in [0, 0.1) is 6.92 Å². The number of aryl methyl sites for hydroxylation is 1. The maximum Gasteiger partial charge on any atom is 0.253 e. The zero-order valence-electron chi connectivity index (χ0n) is 18.0. The Morgan fingerprint density at radius 3 is 2.48 bits per heavy atom. The second-order valence-electron chi connectivity index (χ2n) is 8.43. The lowest BCUT2D eigenvalue weighted by Crippen LogP contribution is -2.50. The standard InChI is InChI=1S/C25H28N4O2/c1-18-26-16-21(17-27-18)23-4-2-3-19-15-20(5-6-24(19)23)25(30)29-9-7-22(8-10-29)28-11-13-31-14-12-28/h2-6,15-17,22H,7-14H2,1H3. The van der Waals surface area contributed by atoms with Crippen LogP contribution in [0.3, 0.4) is 0 Å². The van der Waals surface area contributed by atoms with E-state index in [1.165, 1.54) is 0 Å². The van der Waals surface area contributed by atoms with E-state index in [-0.39, 0.29) is 5.91 Å². The quantitative estimate of drug-likeness (QED) is 0.654. The molecule has 3 aromatic rings. The van der Waals surface area contributed by atoms with Crippen LogP contribution < -0.4 is 0 Å². The van der Waals surface area contributed by atoms with Gasteiger partial charge in [0.05, 0.1) is 13.2 Å². The van der Waals surface area contributed by atoms with E-state index in [0.29, 0.717) is 6.04 Å². The van der Waals surface area contributed by atoms with Gasteiger partial charge in [-0.3, -0.25) is 9.69 Å². The zero-order chi connectivity index (χ0) is 21.2. The minimum Gasteiger partial charge on any atom is -0.379 e. The molecule has 6 heteroatoms. The Kier molecular flexibility index (Phi) is 5.66. The molecule has 0 radical (unpaired) electrons. The van der Waals surface area contributed by atoms with Crippen molar-refractivity contribution in [1.29, 1.82) is 0 Å². The molecule has 0 aliphatic carbocycles. The van der Waals surface area contributed by atoms with Gasteiger partial charge in [-0.05, 0) is 48.2 Å². The Morgan fingerprint density at radius 1 is 1.00 bits per heavy atom. The third-order valence-electron chi connectivity index (χ3n) is 6.53. The molecule has 160 valence electrons. The van der Waals surface area contributed by atoms with Crippen LogP contribution in [-0.2, 0) is 4.74 Å². The minimum atomic E-state index is 0.131. The molecule has 2 fully saturated rings. The molecule has 3 heterocycles. The Balaban J connectivity index is 1.32. The van der Waals surface area contributed by atoms with Gasteiger partial charge in [0.1, 0.15) is 5.82 Å². The number of likely N-dealkylation sites (tertiary alicyclic amines) is 1. The average Bonchev–Trinajstić information content (AvgIpc) is 2.84. The number of hydrogen-bond acceptors (Lipinski definition) is 5. The number of ether oxygens (including phenoxy) is 1. The van der Waals surface area contributed by atoms with Gasteiger partial charge in [-0.2, -0.15) is 0 Å². The van der Waals surface area contributed by atoms with Crippen LogP contribution in [0.2, 0.25) is 0 Å². The summed E-state index contributed by atoms with van der Waals surface area (Å²) in [6.07, 6.45) is 5.79. The Bertz CT molecular complexity index is 1070. The van der Waals surface area contributed by atoms with Gasteiger partial charge in [0.25, 0.3) is 5.91 Å². The van der Waals surface area contributed by atoms with Gasteiger partial charge in [0.2, 0.25) is 0 Å². The smallest absolute Gasteiger partial charge is 0.253 e. The fourth-order valence-electron chi connectivity index (χ4n) is 4.76. The number of rotatable bonds is 3. The van der Waals surface area contributed by atoms with Crippen LogP contribution in [0.5, 0.6) is 0 Å². The monoisotopic (exact) mass is 416 g/mol. The molecular weight excluding hydrogens is 388 g/mol. The number of hydrogen-bond donors (Lipinski definition) is 0. The molecule has 31 heavy (non-hydrogen) atoms. The van der Waals surface area contributed by atoms with Crippen molar-refractivity contribution in [3.63, 3.8) is 0 Å². The van der Waals surface area contributed by atoms with Crippen LogP contribution in [-0.4, -0.2) is 71.1 Å². The summed E-state index contributed by atoms with van der Waals surface area (Å²) >= 11 is 0. The van der Waals surface area contributed by atoms with Crippen molar-refractivity contribution in [2.75, 3.05) is 39.4 Å². The van der Waals surface area contributed by atoms with E-state index in [2.05, 4.69) is 33.1 Å². The van der Waals surface area contributed by atoms with Crippen molar-refractivity contribution >= 4 is 16.7 Å². The van der Waals surface area contributed by atoms with Crippen LogP contribution in [0.1, 0.15) is 29.0 Å². The van der Waals surface area contributed by atoms with Gasteiger partial charge < -0.3 is 9.64 Å². The number of fused-ring (bicyclic) bond motifs is 1. The SMILES string of the molecule is Cc1ncc(-c2cccc3cc(C(=O)N4CCC(N5CCOCC5)CC4)ccc23)cn1. The van der Waals surface area contributed by atoms with E-state index in [9.17, 15) is 4.79 Å². The van der Waals surface area contributed by atoms with Gasteiger partial charge in [0.15, 0.2) is 0 Å². The third-order valence-corrected chi connectivity index (χ3v) is 6.53. The van der Waals surface area contributed by atoms with Crippen LogP contribution in [0.25, 0.3) is 21.9 Å². The molecule has 1 aromatic heterocycles. The Hall–Kier alpha value is -2.83. The summed E-state index contributed by atoms with van der Waals surface area (Å²) in [4.78, 5) is 26.4.